The molecule has 4 nitrogen and oxygen atoms in total. The molecule has 0 aliphatic rings. The van der Waals surface area contributed by atoms with E-state index in [0.29, 0.717) is 10.2 Å². The average Bonchev–Trinajstić information content (AvgIpc) is 2.73. The molecule has 0 radical (unpaired) electrons. The molecule has 18 heavy (non-hydrogen) atoms. The van der Waals surface area contributed by atoms with E-state index in [1.165, 1.54) is 17.4 Å². The van der Waals surface area contributed by atoms with Crippen LogP contribution in [-0.2, 0) is 7.05 Å². The molecule has 0 fully saturated rings. The predicted molar refractivity (Wildman–Crippen MR) is 71.5 cm³/mol. The molecule has 1 aromatic carbocycles. The summed E-state index contributed by atoms with van der Waals surface area (Å²) < 4.78 is 3.16. The monoisotopic (exact) mass is 259 g/mol. The molecule has 5 heteroatoms. The number of aryl methyl sites for hydroxylation is 1. The maximum atomic E-state index is 12.0. The van der Waals surface area contributed by atoms with Gasteiger partial charge in [0, 0.05) is 23.2 Å². The van der Waals surface area contributed by atoms with Crippen molar-refractivity contribution in [3.63, 3.8) is 0 Å². The highest BCUT2D eigenvalue weighted by atomic mass is 32.1. The van der Waals surface area contributed by atoms with Crippen LogP contribution >= 0.6 is 11.3 Å². The molecule has 3 rings (SSSR count). The van der Waals surface area contributed by atoms with Crippen LogP contribution in [0.3, 0.4) is 0 Å². The van der Waals surface area contributed by atoms with Crippen LogP contribution in [0.25, 0.3) is 20.3 Å². The van der Waals surface area contributed by atoms with E-state index in [1.807, 2.05) is 24.3 Å². The van der Waals surface area contributed by atoms with Crippen molar-refractivity contribution in [3.05, 3.63) is 46.2 Å². The smallest absolute Gasteiger partial charge is 0.352 e. The Labute approximate surface area is 106 Å². The summed E-state index contributed by atoms with van der Waals surface area (Å²) in [5.41, 5.74) is 0.471. The van der Waals surface area contributed by atoms with Gasteiger partial charge < -0.3 is 9.67 Å². The third kappa shape index (κ3) is 1.37. The first kappa shape index (κ1) is 11.0. The number of aromatic carboxylic acids is 1. The number of carboxylic acids is 1. The third-order valence-electron chi connectivity index (χ3n) is 2.98. The lowest BCUT2D eigenvalue weighted by molar-refractivity contribution is 0.0686. The van der Waals surface area contributed by atoms with Crippen molar-refractivity contribution in [2.24, 2.45) is 7.05 Å². The van der Waals surface area contributed by atoms with Crippen molar-refractivity contribution in [2.75, 3.05) is 0 Å². The molecule has 0 saturated carbocycles. The Morgan fingerprint density at radius 1 is 1.33 bits per heavy atom. The molecular formula is C13H9NO3S. The number of rotatable bonds is 1. The topological polar surface area (TPSA) is 59.3 Å². The van der Waals surface area contributed by atoms with Gasteiger partial charge in [-0.3, -0.25) is 4.79 Å². The van der Waals surface area contributed by atoms with Gasteiger partial charge in [-0.15, -0.1) is 11.3 Å². The maximum Gasteiger partial charge on any atom is 0.352 e. The van der Waals surface area contributed by atoms with E-state index in [2.05, 4.69) is 0 Å². The molecular weight excluding hydrogens is 250 g/mol. The Hall–Kier alpha value is -2.14. The van der Waals surface area contributed by atoms with Crippen LogP contribution < -0.4 is 5.43 Å². The van der Waals surface area contributed by atoms with Gasteiger partial charge >= 0.3 is 5.97 Å². The molecule has 0 spiro atoms. The lowest BCUT2D eigenvalue weighted by Gasteiger charge is -2.06. The lowest BCUT2D eigenvalue weighted by atomic mass is 10.2. The fraction of sp³-hybridized carbons (Fsp3) is 0.0769. The molecule has 3 aromatic rings. The molecule has 2 heterocycles. The van der Waals surface area contributed by atoms with E-state index in [9.17, 15) is 9.59 Å². The van der Waals surface area contributed by atoms with E-state index >= 15 is 0 Å². The van der Waals surface area contributed by atoms with Crippen molar-refractivity contribution in [3.8, 4) is 0 Å². The number of hydrogen-bond acceptors (Lipinski definition) is 3. The van der Waals surface area contributed by atoms with Gasteiger partial charge in [-0.1, -0.05) is 18.2 Å². The first-order valence-electron chi connectivity index (χ1n) is 5.34. The summed E-state index contributed by atoms with van der Waals surface area (Å²) in [6.45, 7) is 0. The summed E-state index contributed by atoms with van der Waals surface area (Å²) in [5, 5.41) is 10.0. The quantitative estimate of drug-likeness (QED) is 0.730. The van der Waals surface area contributed by atoms with Gasteiger partial charge in [0.15, 0.2) is 5.43 Å². The largest absolute Gasteiger partial charge is 0.477 e. The van der Waals surface area contributed by atoms with E-state index in [0.717, 1.165) is 10.1 Å². The number of pyridine rings is 1. The first-order valence-corrected chi connectivity index (χ1v) is 6.16. The van der Waals surface area contributed by atoms with Crippen LogP contribution in [0.4, 0.5) is 0 Å². The van der Waals surface area contributed by atoms with Crippen molar-refractivity contribution in [1.82, 2.24) is 4.57 Å². The third-order valence-corrected chi connectivity index (χ3v) is 4.15. The van der Waals surface area contributed by atoms with Crippen LogP contribution in [-0.4, -0.2) is 15.6 Å². The Morgan fingerprint density at radius 3 is 2.78 bits per heavy atom. The second-order valence-corrected chi connectivity index (χ2v) is 5.09. The van der Waals surface area contributed by atoms with Crippen LogP contribution in [0, 0.1) is 0 Å². The SMILES string of the molecule is Cn1c(C(=O)O)cc(=O)c2sc3ccccc3c21. The van der Waals surface area contributed by atoms with E-state index in [1.54, 1.807) is 11.6 Å². The minimum atomic E-state index is -1.09. The molecule has 0 saturated heterocycles. The summed E-state index contributed by atoms with van der Waals surface area (Å²) in [5.74, 6) is -1.09. The van der Waals surface area contributed by atoms with Crippen molar-refractivity contribution >= 4 is 37.6 Å². The predicted octanol–water partition coefficient (Wildman–Crippen LogP) is 2.45. The van der Waals surface area contributed by atoms with Gasteiger partial charge in [-0.05, 0) is 6.07 Å². The molecule has 2 aromatic heterocycles. The van der Waals surface area contributed by atoms with Gasteiger partial charge in [-0.25, -0.2) is 4.79 Å². The highest BCUT2D eigenvalue weighted by Crippen LogP contribution is 2.31. The van der Waals surface area contributed by atoms with Crippen molar-refractivity contribution in [2.45, 2.75) is 0 Å². The van der Waals surface area contributed by atoms with Crippen LogP contribution in [0.5, 0.6) is 0 Å². The molecule has 0 aliphatic heterocycles. The van der Waals surface area contributed by atoms with Crippen LogP contribution in [0.2, 0.25) is 0 Å². The molecule has 0 unspecified atom stereocenters. The fourth-order valence-corrected chi connectivity index (χ4v) is 3.29. The van der Waals surface area contributed by atoms with Crippen molar-refractivity contribution in [1.29, 1.82) is 0 Å². The highest BCUT2D eigenvalue weighted by molar-refractivity contribution is 7.25. The van der Waals surface area contributed by atoms with Gasteiger partial charge in [-0.2, -0.15) is 0 Å². The second-order valence-electron chi connectivity index (χ2n) is 4.03. The Kier molecular flexibility index (Phi) is 2.24. The number of thiophene rings is 1. The molecule has 0 aliphatic carbocycles. The van der Waals surface area contributed by atoms with Gasteiger partial charge in [0.25, 0.3) is 0 Å². The average molecular weight is 259 g/mol. The van der Waals surface area contributed by atoms with Gasteiger partial charge in [0.05, 0.1) is 10.2 Å². The summed E-state index contributed by atoms with van der Waals surface area (Å²) >= 11 is 1.40. The maximum absolute atomic E-state index is 12.0. The number of nitrogens with zero attached hydrogens (tertiary/aromatic N) is 1. The summed E-state index contributed by atoms with van der Waals surface area (Å²) in [6, 6.07) is 8.80. The molecule has 0 atom stereocenters. The Bertz CT molecular complexity index is 844. The zero-order valence-electron chi connectivity index (χ0n) is 9.51. The number of fused-ring (bicyclic) bond motifs is 3. The fourth-order valence-electron chi connectivity index (χ4n) is 2.14. The minimum absolute atomic E-state index is 0.0102. The zero-order valence-corrected chi connectivity index (χ0v) is 10.3. The number of benzene rings is 1. The van der Waals surface area contributed by atoms with Crippen LogP contribution in [0.15, 0.2) is 35.1 Å². The standard InChI is InChI=1S/C13H9NO3S/c1-14-8(13(16)17)6-9(15)12-11(14)7-4-2-3-5-10(7)18-12/h2-6H,1H3,(H,16,17). The molecule has 1 N–H and O–H groups in total. The number of carbonyl (C=O) groups is 1. The number of hydrogen-bond donors (Lipinski definition) is 1. The van der Waals surface area contributed by atoms with E-state index < -0.39 is 5.97 Å². The lowest BCUT2D eigenvalue weighted by Crippen LogP contribution is -2.14. The van der Waals surface area contributed by atoms with Gasteiger partial charge in [0.1, 0.15) is 5.69 Å². The second kappa shape index (κ2) is 3.68. The van der Waals surface area contributed by atoms with E-state index in [4.69, 9.17) is 5.11 Å². The molecule has 0 bridgehead atoms. The summed E-state index contributed by atoms with van der Waals surface area (Å²) in [4.78, 5) is 23.1. The molecule has 0 amide bonds. The first-order chi connectivity index (χ1) is 8.59. The Balaban J connectivity index is 2.63. The van der Waals surface area contributed by atoms with Crippen molar-refractivity contribution < 1.29 is 9.90 Å². The zero-order chi connectivity index (χ0) is 12.9. The van der Waals surface area contributed by atoms with Crippen LogP contribution in [0.1, 0.15) is 10.5 Å². The number of aromatic nitrogens is 1. The highest BCUT2D eigenvalue weighted by Gasteiger charge is 2.15. The minimum Gasteiger partial charge on any atom is -0.477 e. The summed E-state index contributed by atoms with van der Waals surface area (Å²) in [6.07, 6.45) is 0. The molecule has 90 valence electrons. The summed E-state index contributed by atoms with van der Waals surface area (Å²) in [7, 11) is 1.67. The normalized spacial score (nSPS) is 11.2. The van der Waals surface area contributed by atoms with Gasteiger partial charge in [0.2, 0.25) is 0 Å². The Morgan fingerprint density at radius 2 is 2.06 bits per heavy atom. The number of carboxylic acid groups (broad SMARTS) is 1. The van der Waals surface area contributed by atoms with E-state index in [-0.39, 0.29) is 11.1 Å².